The van der Waals surface area contributed by atoms with Gasteiger partial charge in [0.15, 0.2) is 0 Å². The summed E-state index contributed by atoms with van der Waals surface area (Å²) in [5.41, 5.74) is -1.30. The van der Waals surface area contributed by atoms with Crippen LogP contribution in [0.2, 0.25) is 0 Å². The first-order valence-corrected chi connectivity index (χ1v) is 7.60. The molecule has 138 valence electrons. The number of nitrogens with one attached hydrogen (secondary N) is 1. The summed E-state index contributed by atoms with van der Waals surface area (Å²) in [6.45, 7) is 2.17. The van der Waals surface area contributed by atoms with Crippen molar-refractivity contribution >= 4 is 17.6 Å². The summed E-state index contributed by atoms with van der Waals surface area (Å²) in [6.07, 6.45) is -4.62. The predicted octanol–water partition coefficient (Wildman–Crippen LogP) is 4.14. The summed E-state index contributed by atoms with van der Waals surface area (Å²) in [5.74, 6) is -1.11. The fourth-order valence-electron chi connectivity index (χ4n) is 2.20. The van der Waals surface area contributed by atoms with Crippen LogP contribution in [0.15, 0.2) is 42.5 Å². The van der Waals surface area contributed by atoms with E-state index in [-0.39, 0.29) is 16.8 Å². The van der Waals surface area contributed by atoms with E-state index in [1.165, 1.54) is 12.1 Å². The molecule has 0 aliphatic heterocycles. The third-order valence-electron chi connectivity index (χ3n) is 3.41. The first kappa shape index (κ1) is 19.3. The standard InChI is InChI=1S/C18H16F3NO4/c1-3-26-13-6-4-5-11(9-13)16(23)22-15-10-12(18(19,20)21)7-8-14(15)17(24)25-2/h4-10H,3H2,1-2H3,(H,22,23). The Morgan fingerprint density at radius 1 is 1.12 bits per heavy atom. The lowest BCUT2D eigenvalue weighted by Gasteiger charge is -2.14. The Balaban J connectivity index is 2.38. The Kier molecular flexibility index (Phi) is 5.86. The zero-order valence-electron chi connectivity index (χ0n) is 14.0. The third kappa shape index (κ3) is 4.53. The molecule has 0 spiro atoms. The van der Waals surface area contributed by atoms with Crippen molar-refractivity contribution in [2.24, 2.45) is 0 Å². The molecule has 0 aliphatic rings. The van der Waals surface area contributed by atoms with Crippen LogP contribution in [0.25, 0.3) is 0 Å². The van der Waals surface area contributed by atoms with E-state index in [1.54, 1.807) is 19.1 Å². The molecule has 26 heavy (non-hydrogen) atoms. The number of anilines is 1. The van der Waals surface area contributed by atoms with Gasteiger partial charge >= 0.3 is 12.1 Å². The highest BCUT2D eigenvalue weighted by molar-refractivity contribution is 6.08. The average molecular weight is 367 g/mol. The molecule has 0 bridgehead atoms. The van der Waals surface area contributed by atoms with Gasteiger partial charge in [-0.25, -0.2) is 4.79 Å². The summed E-state index contributed by atoms with van der Waals surface area (Å²) >= 11 is 0. The average Bonchev–Trinajstić information content (AvgIpc) is 2.60. The second-order valence-electron chi connectivity index (χ2n) is 5.16. The summed E-state index contributed by atoms with van der Waals surface area (Å²) in [6, 6.07) is 8.54. The Morgan fingerprint density at radius 3 is 2.46 bits per heavy atom. The Morgan fingerprint density at radius 2 is 1.85 bits per heavy atom. The summed E-state index contributed by atoms with van der Waals surface area (Å²) in [5, 5.41) is 2.33. The predicted molar refractivity (Wildman–Crippen MR) is 88.3 cm³/mol. The first-order chi connectivity index (χ1) is 12.3. The number of halogens is 3. The molecule has 0 aromatic heterocycles. The highest BCUT2D eigenvalue weighted by atomic mass is 19.4. The highest BCUT2D eigenvalue weighted by Crippen LogP contribution is 2.32. The van der Waals surface area contributed by atoms with Crippen molar-refractivity contribution < 1.29 is 32.2 Å². The molecule has 1 amide bonds. The number of alkyl halides is 3. The van der Waals surface area contributed by atoms with Crippen molar-refractivity contribution in [2.45, 2.75) is 13.1 Å². The number of carbonyl (C=O) groups is 2. The van der Waals surface area contributed by atoms with Crippen molar-refractivity contribution in [3.05, 3.63) is 59.2 Å². The lowest BCUT2D eigenvalue weighted by Crippen LogP contribution is -2.17. The fourth-order valence-corrected chi connectivity index (χ4v) is 2.20. The minimum absolute atomic E-state index is 0.171. The largest absolute Gasteiger partial charge is 0.494 e. The van der Waals surface area contributed by atoms with Crippen molar-refractivity contribution in [3.63, 3.8) is 0 Å². The maximum absolute atomic E-state index is 12.9. The van der Waals surface area contributed by atoms with E-state index < -0.39 is 23.6 Å². The minimum atomic E-state index is -4.62. The smallest absolute Gasteiger partial charge is 0.416 e. The number of methoxy groups -OCH3 is 1. The van der Waals surface area contributed by atoms with E-state index in [0.29, 0.717) is 18.4 Å². The van der Waals surface area contributed by atoms with Crippen molar-refractivity contribution in [3.8, 4) is 5.75 Å². The summed E-state index contributed by atoms with van der Waals surface area (Å²) in [4.78, 5) is 24.2. The molecule has 2 aromatic rings. The second kappa shape index (κ2) is 7.90. The molecule has 0 heterocycles. The van der Waals surface area contributed by atoms with Gasteiger partial charge in [-0.05, 0) is 43.3 Å². The lowest BCUT2D eigenvalue weighted by atomic mass is 10.1. The van der Waals surface area contributed by atoms with E-state index >= 15 is 0 Å². The normalized spacial score (nSPS) is 11.0. The van der Waals surface area contributed by atoms with Gasteiger partial charge in [0.25, 0.3) is 5.91 Å². The van der Waals surface area contributed by atoms with E-state index in [0.717, 1.165) is 19.2 Å². The van der Waals surface area contributed by atoms with Gasteiger partial charge in [0, 0.05) is 5.56 Å². The molecule has 0 atom stereocenters. The van der Waals surface area contributed by atoms with Crippen LogP contribution in [0.1, 0.15) is 33.2 Å². The number of amides is 1. The van der Waals surface area contributed by atoms with Gasteiger partial charge in [-0.3, -0.25) is 4.79 Å². The molecule has 0 saturated carbocycles. The Labute approximate surface area is 147 Å². The topological polar surface area (TPSA) is 64.6 Å². The summed E-state index contributed by atoms with van der Waals surface area (Å²) < 4.78 is 48.6. The molecular weight excluding hydrogens is 351 g/mol. The van der Waals surface area contributed by atoms with E-state index in [9.17, 15) is 22.8 Å². The van der Waals surface area contributed by atoms with Gasteiger partial charge in [-0.1, -0.05) is 6.07 Å². The van der Waals surface area contributed by atoms with Crippen LogP contribution in [-0.2, 0) is 10.9 Å². The number of esters is 1. The van der Waals surface area contributed by atoms with E-state index in [2.05, 4.69) is 10.1 Å². The number of hydrogen-bond donors (Lipinski definition) is 1. The molecule has 2 rings (SSSR count). The van der Waals surface area contributed by atoms with Crippen molar-refractivity contribution in [1.29, 1.82) is 0 Å². The molecule has 0 fully saturated rings. The molecule has 0 radical (unpaired) electrons. The monoisotopic (exact) mass is 367 g/mol. The van der Waals surface area contributed by atoms with Gasteiger partial charge in [0.05, 0.1) is 30.5 Å². The molecule has 0 saturated heterocycles. The minimum Gasteiger partial charge on any atom is -0.494 e. The van der Waals surface area contributed by atoms with Crippen molar-refractivity contribution in [2.75, 3.05) is 19.0 Å². The third-order valence-corrected chi connectivity index (χ3v) is 3.41. The van der Waals surface area contributed by atoms with Crippen LogP contribution in [0.5, 0.6) is 5.75 Å². The van der Waals surface area contributed by atoms with Gasteiger partial charge in [-0.2, -0.15) is 13.2 Å². The molecule has 0 unspecified atom stereocenters. The molecule has 0 aliphatic carbocycles. The maximum Gasteiger partial charge on any atom is 0.416 e. The number of carbonyl (C=O) groups excluding carboxylic acids is 2. The van der Waals surface area contributed by atoms with Gasteiger partial charge in [-0.15, -0.1) is 0 Å². The van der Waals surface area contributed by atoms with Crippen LogP contribution in [0.3, 0.4) is 0 Å². The second-order valence-corrected chi connectivity index (χ2v) is 5.16. The zero-order chi connectivity index (χ0) is 19.3. The number of rotatable bonds is 5. The van der Waals surface area contributed by atoms with E-state index in [4.69, 9.17) is 4.74 Å². The molecule has 2 aromatic carbocycles. The summed E-state index contributed by atoms with van der Waals surface area (Å²) in [7, 11) is 1.09. The molecular formula is C18H16F3NO4. The van der Waals surface area contributed by atoms with Gasteiger partial charge < -0.3 is 14.8 Å². The molecule has 1 N–H and O–H groups in total. The van der Waals surface area contributed by atoms with E-state index in [1.807, 2.05) is 0 Å². The van der Waals surface area contributed by atoms with Crippen LogP contribution in [0.4, 0.5) is 18.9 Å². The van der Waals surface area contributed by atoms with Crippen LogP contribution in [-0.4, -0.2) is 25.6 Å². The zero-order valence-corrected chi connectivity index (χ0v) is 14.0. The fraction of sp³-hybridized carbons (Fsp3) is 0.222. The number of ether oxygens (including phenoxy) is 2. The maximum atomic E-state index is 12.9. The Bertz CT molecular complexity index is 818. The lowest BCUT2D eigenvalue weighted by molar-refractivity contribution is -0.137. The van der Waals surface area contributed by atoms with Gasteiger partial charge in [0.2, 0.25) is 0 Å². The Hall–Kier alpha value is -3.03. The van der Waals surface area contributed by atoms with Crippen LogP contribution in [0, 0.1) is 0 Å². The first-order valence-electron chi connectivity index (χ1n) is 7.60. The number of hydrogen-bond acceptors (Lipinski definition) is 4. The van der Waals surface area contributed by atoms with Gasteiger partial charge in [0.1, 0.15) is 5.75 Å². The van der Waals surface area contributed by atoms with Crippen molar-refractivity contribution in [1.82, 2.24) is 0 Å². The molecule has 5 nitrogen and oxygen atoms in total. The molecule has 8 heteroatoms. The van der Waals surface area contributed by atoms with Crippen LogP contribution >= 0.6 is 0 Å². The number of benzene rings is 2. The quantitative estimate of drug-likeness (QED) is 0.807. The highest BCUT2D eigenvalue weighted by Gasteiger charge is 2.32. The SMILES string of the molecule is CCOc1cccc(C(=O)Nc2cc(C(F)(F)F)ccc2C(=O)OC)c1. The van der Waals surface area contributed by atoms with Crippen LogP contribution < -0.4 is 10.1 Å².